The van der Waals surface area contributed by atoms with Crippen LogP contribution in [0.4, 0.5) is 0 Å². The molecule has 0 aliphatic heterocycles. The van der Waals surface area contributed by atoms with Crippen molar-refractivity contribution in [2.24, 2.45) is 0 Å². The van der Waals surface area contributed by atoms with E-state index in [-0.39, 0.29) is 31.1 Å². The summed E-state index contributed by atoms with van der Waals surface area (Å²) in [5.41, 5.74) is 0. The molecule has 0 aromatic carbocycles. The van der Waals surface area contributed by atoms with Gasteiger partial charge in [0.25, 0.3) is 0 Å². The zero-order valence-corrected chi connectivity index (χ0v) is 46.7. The summed E-state index contributed by atoms with van der Waals surface area (Å²) in [6.45, 7) is 6.34. The molecular formula is C65H112O6. The molecule has 0 aliphatic rings. The van der Waals surface area contributed by atoms with Crippen molar-refractivity contribution in [2.45, 2.75) is 297 Å². The first kappa shape index (κ1) is 67.6. The summed E-state index contributed by atoms with van der Waals surface area (Å²) in [6, 6.07) is 0. The molecular weight excluding hydrogens is 877 g/mol. The van der Waals surface area contributed by atoms with Crippen LogP contribution in [0.15, 0.2) is 85.1 Å². The van der Waals surface area contributed by atoms with E-state index < -0.39 is 6.10 Å². The van der Waals surface area contributed by atoms with Gasteiger partial charge >= 0.3 is 17.9 Å². The third-order valence-corrected chi connectivity index (χ3v) is 12.9. The van der Waals surface area contributed by atoms with Gasteiger partial charge in [-0.25, -0.2) is 0 Å². The topological polar surface area (TPSA) is 78.9 Å². The Bertz CT molecular complexity index is 1370. The Morgan fingerprint density at radius 3 is 0.859 bits per heavy atom. The van der Waals surface area contributed by atoms with Crippen molar-refractivity contribution < 1.29 is 28.6 Å². The van der Waals surface area contributed by atoms with Crippen LogP contribution in [0, 0.1) is 0 Å². The molecule has 0 aromatic heterocycles. The number of carbonyl (C=O) groups excluding carboxylic acids is 3. The lowest BCUT2D eigenvalue weighted by atomic mass is 10.0. The zero-order chi connectivity index (χ0) is 51.4. The van der Waals surface area contributed by atoms with Crippen molar-refractivity contribution in [3.8, 4) is 0 Å². The first-order valence-corrected chi connectivity index (χ1v) is 30.1. The van der Waals surface area contributed by atoms with Gasteiger partial charge in [-0.3, -0.25) is 14.4 Å². The average Bonchev–Trinajstić information content (AvgIpc) is 3.37. The molecule has 0 bridgehead atoms. The maximum Gasteiger partial charge on any atom is 0.306 e. The van der Waals surface area contributed by atoms with Crippen LogP contribution >= 0.6 is 0 Å². The van der Waals surface area contributed by atoms with Gasteiger partial charge in [0.2, 0.25) is 0 Å². The molecule has 71 heavy (non-hydrogen) atoms. The summed E-state index contributed by atoms with van der Waals surface area (Å²) in [6.07, 6.45) is 77.8. The molecule has 1 unspecified atom stereocenters. The summed E-state index contributed by atoms with van der Waals surface area (Å²) in [5.74, 6) is -0.894. The van der Waals surface area contributed by atoms with Crippen LogP contribution in [0.5, 0.6) is 0 Å². The van der Waals surface area contributed by atoms with Crippen molar-refractivity contribution in [3.05, 3.63) is 85.1 Å². The summed E-state index contributed by atoms with van der Waals surface area (Å²) in [7, 11) is 0. The quantitative estimate of drug-likeness (QED) is 0.0261. The normalized spacial score (nSPS) is 12.7. The second-order valence-electron chi connectivity index (χ2n) is 19.9. The van der Waals surface area contributed by atoms with E-state index in [2.05, 4.69) is 106 Å². The highest BCUT2D eigenvalue weighted by atomic mass is 16.6. The van der Waals surface area contributed by atoms with Crippen LogP contribution in [-0.4, -0.2) is 37.2 Å². The lowest BCUT2D eigenvalue weighted by molar-refractivity contribution is -0.167. The largest absolute Gasteiger partial charge is 0.462 e. The highest BCUT2D eigenvalue weighted by Crippen LogP contribution is 2.16. The van der Waals surface area contributed by atoms with E-state index in [1.807, 2.05) is 0 Å². The average molecular weight is 990 g/mol. The van der Waals surface area contributed by atoms with Gasteiger partial charge in [0, 0.05) is 19.3 Å². The molecule has 0 spiro atoms. The number of hydrogen-bond donors (Lipinski definition) is 0. The first-order valence-electron chi connectivity index (χ1n) is 30.1. The predicted octanol–water partition coefficient (Wildman–Crippen LogP) is 20.3. The molecule has 0 aliphatic carbocycles. The number of hydrogen-bond acceptors (Lipinski definition) is 6. The van der Waals surface area contributed by atoms with Gasteiger partial charge < -0.3 is 14.2 Å². The Morgan fingerprint density at radius 1 is 0.296 bits per heavy atom. The molecule has 408 valence electrons. The summed E-state index contributed by atoms with van der Waals surface area (Å²) >= 11 is 0. The van der Waals surface area contributed by atoms with Crippen LogP contribution in [0.1, 0.15) is 290 Å². The molecule has 0 rings (SSSR count). The molecule has 0 saturated heterocycles. The molecule has 6 heteroatoms. The van der Waals surface area contributed by atoms with Crippen LogP contribution in [0.2, 0.25) is 0 Å². The van der Waals surface area contributed by atoms with Crippen molar-refractivity contribution in [3.63, 3.8) is 0 Å². The third-order valence-electron chi connectivity index (χ3n) is 12.9. The SMILES string of the molecule is CC/C=C\C/C=C\C/C=C\C/C=C\CCCCCCCCCCCCCCCCCCCCC(=O)OCC(COC(=O)CCCCCCC)OC(=O)CCCCCCCCC/C=C\C/C=C\C/C=C\CC. The van der Waals surface area contributed by atoms with Crippen LogP contribution in [0.25, 0.3) is 0 Å². The number of esters is 3. The molecule has 6 nitrogen and oxygen atoms in total. The molecule has 1 atom stereocenters. The van der Waals surface area contributed by atoms with E-state index in [9.17, 15) is 14.4 Å². The van der Waals surface area contributed by atoms with Gasteiger partial charge in [-0.2, -0.15) is 0 Å². The monoisotopic (exact) mass is 989 g/mol. The van der Waals surface area contributed by atoms with E-state index in [1.165, 1.54) is 135 Å². The highest BCUT2D eigenvalue weighted by molar-refractivity contribution is 5.71. The van der Waals surface area contributed by atoms with E-state index in [4.69, 9.17) is 14.2 Å². The number of rotatable bonds is 54. The standard InChI is InChI=1S/C65H112O6/c1-4-7-10-13-15-17-19-21-23-25-26-27-28-29-30-31-32-33-34-35-36-37-38-40-41-43-45-47-49-52-55-58-64(67)70-61-62(60-69-63(66)57-54-51-12-9-6-3)71-65(68)59-56-53-50-48-46-44-42-39-24-22-20-18-16-14-11-8-5-2/h7-8,10-11,15-18,21-24,26-27,62H,4-6,9,12-14,19-20,25,28-61H2,1-3H3/b10-7-,11-8-,17-15-,18-16-,23-21-,24-22-,27-26-. The fraction of sp³-hybridized carbons (Fsp3) is 0.738. The highest BCUT2D eigenvalue weighted by Gasteiger charge is 2.19. The Kier molecular flexibility index (Phi) is 56.3. The Hall–Kier alpha value is -3.41. The van der Waals surface area contributed by atoms with E-state index in [1.54, 1.807) is 0 Å². The molecule has 0 amide bonds. The third kappa shape index (κ3) is 57.4. The van der Waals surface area contributed by atoms with Crippen molar-refractivity contribution >= 4 is 17.9 Å². The van der Waals surface area contributed by atoms with E-state index in [0.717, 1.165) is 116 Å². The number of carbonyl (C=O) groups is 3. The molecule has 0 fully saturated rings. The summed E-state index contributed by atoms with van der Waals surface area (Å²) in [5, 5.41) is 0. The lowest BCUT2D eigenvalue weighted by Gasteiger charge is -2.18. The van der Waals surface area contributed by atoms with E-state index >= 15 is 0 Å². The predicted molar refractivity (Wildman–Crippen MR) is 307 cm³/mol. The zero-order valence-electron chi connectivity index (χ0n) is 46.7. The Morgan fingerprint density at radius 2 is 0.549 bits per heavy atom. The summed E-state index contributed by atoms with van der Waals surface area (Å²) in [4.78, 5) is 37.8. The summed E-state index contributed by atoms with van der Waals surface area (Å²) < 4.78 is 16.7. The molecule has 0 radical (unpaired) electrons. The van der Waals surface area contributed by atoms with Gasteiger partial charge in [-0.15, -0.1) is 0 Å². The minimum absolute atomic E-state index is 0.0779. The van der Waals surface area contributed by atoms with Gasteiger partial charge in [0.15, 0.2) is 6.10 Å². The maximum absolute atomic E-state index is 12.8. The molecule has 0 aromatic rings. The molecule has 0 N–H and O–H groups in total. The second-order valence-corrected chi connectivity index (χ2v) is 19.9. The van der Waals surface area contributed by atoms with Gasteiger partial charge in [-0.05, 0) is 89.9 Å². The van der Waals surface area contributed by atoms with Crippen LogP contribution in [-0.2, 0) is 28.6 Å². The fourth-order valence-electron chi connectivity index (χ4n) is 8.45. The molecule has 0 heterocycles. The van der Waals surface area contributed by atoms with Crippen molar-refractivity contribution in [2.75, 3.05) is 13.2 Å². The van der Waals surface area contributed by atoms with Gasteiger partial charge in [-0.1, -0.05) is 266 Å². The van der Waals surface area contributed by atoms with E-state index in [0.29, 0.717) is 19.3 Å². The minimum Gasteiger partial charge on any atom is -0.462 e. The van der Waals surface area contributed by atoms with Crippen molar-refractivity contribution in [1.29, 1.82) is 0 Å². The smallest absolute Gasteiger partial charge is 0.306 e. The van der Waals surface area contributed by atoms with Gasteiger partial charge in [0.1, 0.15) is 13.2 Å². The lowest BCUT2D eigenvalue weighted by Crippen LogP contribution is -2.30. The second kappa shape index (κ2) is 59.2. The Labute approximate surface area is 439 Å². The van der Waals surface area contributed by atoms with Crippen molar-refractivity contribution in [1.82, 2.24) is 0 Å². The maximum atomic E-state index is 12.8. The number of unbranched alkanes of at least 4 members (excludes halogenated alkanes) is 29. The minimum atomic E-state index is -0.776. The van der Waals surface area contributed by atoms with Gasteiger partial charge in [0.05, 0.1) is 0 Å². The fourth-order valence-corrected chi connectivity index (χ4v) is 8.45. The number of allylic oxidation sites excluding steroid dienone is 14. The Balaban J connectivity index is 3.97. The van der Waals surface area contributed by atoms with Crippen LogP contribution < -0.4 is 0 Å². The van der Waals surface area contributed by atoms with Crippen LogP contribution in [0.3, 0.4) is 0 Å². The first-order chi connectivity index (χ1) is 35.0. The molecule has 0 saturated carbocycles. The number of ether oxygens (including phenoxy) is 3.